The van der Waals surface area contributed by atoms with Gasteiger partial charge >= 0.3 is 0 Å². The summed E-state index contributed by atoms with van der Waals surface area (Å²) in [7, 11) is 1.57. The molecule has 116 valence electrons. The molecule has 0 unspecified atom stereocenters. The van der Waals surface area contributed by atoms with Gasteiger partial charge in [-0.05, 0) is 16.3 Å². The average molecular weight is 300 g/mol. The maximum atomic E-state index is 11.9. The third-order valence-corrected chi connectivity index (χ3v) is 3.25. The van der Waals surface area contributed by atoms with Gasteiger partial charge in [0.1, 0.15) is 0 Å². The number of carbonyl (C=O) groups excluding carboxylic acids is 2. The van der Waals surface area contributed by atoms with Crippen LogP contribution in [0, 0.1) is 0 Å². The molecule has 0 heterocycles. The van der Waals surface area contributed by atoms with Crippen LogP contribution < -0.4 is 10.6 Å². The zero-order chi connectivity index (χ0) is 15.8. The van der Waals surface area contributed by atoms with Crippen LogP contribution in [0.3, 0.4) is 0 Å². The lowest BCUT2D eigenvalue weighted by Crippen LogP contribution is -2.38. The Labute approximate surface area is 129 Å². The van der Waals surface area contributed by atoms with Crippen molar-refractivity contribution in [1.82, 2.24) is 10.6 Å². The zero-order valence-electron chi connectivity index (χ0n) is 12.6. The highest BCUT2D eigenvalue weighted by Crippen LogP contribution is 2.15. The Kier molecular flexibility index (Phi) is 5.91. The minimum atomic E-state index is -0.219. The van der Waals surface area contributed by atoms with E-state index in [4.69, 9.17) is 4.74 Å². The Bertz CT molecular complexity index is 655. The minimum Gasteiger partial charge on any atom is -0.383 e. The molecular weight excluding hydrogens is 280 g/mol. The molecule has 0 fully saturated rings. The van der Waals surface area contributed by atoms with Crippen LogP contribution in [0.15, 0.2) is 42.5 Å². The van der Waals surface area contributed by atoms with E-state index in [1.807, 2.05) is 42.5 Å². The molecule has 0 radical (unpaired) electrons. The number of hydrogen-bond donors (Lipinski definition) is 2. The van der Waals surface area contributed by atoms with Crippen LogP contribution in [0.2, 0.25) is 0 Å². The number of rotatable bonds is 7. The third-order valence-electron chi connectivity index (χ3n) is 3.25. The van der Waals surface area contributed by atoms with Gasteiger partial charge in [0.25, 0.3) is 0 Å². The standard InChI is InChI=1S/C17H20N2O3/c1-22-9-8-18-17(21)12-19-16(20)11-13-6-7-14-4-2-3-5-15(14)10-13/h2-7,10H,8-9,11-12H2,1H3,(H,18,21)(H,19,20). The second-order valence-corrected chi connectivity index (χ2v) is 4.98. The van der Waals surface area contributed by atoms with Crippen molar-refractivity contribution in [1.29, 1.82) is 0 Å². The van der Waals surface area contributed by atoms with Crippen LogP contribution in [0.4, 0.5) is 0 Å². The van der Waals surface area contributed by atoms with E-state index in [9.17, 15) is 9.59 Å². The van der Waals surface area contributed by atoms with Crippen molar-refractivity contribution in [2.24, 2.45) is 0 Å². The van der Waals surface area contributed by atoms with E-state index in [-0.39, 0.29) is 24.8 Å². The van der Waals surface area contributed by atoms with E-state index in [0.717, 1.165) is 16.3 Å². The fraction of sp³-hybridized carbons (Fsp3) is 0.294. The number of nitrogens with one attached hydrogen (secondary N) is 2. The molecule has 5 nitrogen and oxygen atoms in total. The lowest BCUT2D eigenvalue weighted by molar-refractivity contribution is -0.125. The van der Waals surface area contributed by atoms with E-state index in [1.54, 1.807) is 7.11 Å². The van der Waals surface area contributed by atoms with E-state index in [1.165, 1.54) is 0 Å². The summed E-state index contributed by atoms with van der Waals surface area (Å²) in [4.78, 5) is 23.3. The summed E-state index contributed by atoms with van der Waals surface area (Å²) in [5, 5.41) is 7.51. The largest absolute Gasteiger partial charge is 0.383 e. The predicted octanol–water partition coefficient (Wildman–Crippen LogP) is 1.26. The van der Waals surface area contributed by atoms with Gasteiger partial charge in [-0.2, -0.15) is 0 Å². The lowest BCUT2D eigenvalue weighted by atomic mass is 10.1. The van der Waals surface area contributed by atoms with Gasteiger partial charge in [-0.25, -0.2) is 0 Å². The molecule has 0 spiro atoms. The molecule has 0 aromatic heterocycles. The number of carbonyl (C=O) groups is 2. The fourth-order valence-corrected chi connectivity index (χ4v) is 2.13. The first-order valence-corrected chi connectivity index (χ1v) is 7.19. The highest BCUT2D eigenvalue weighted by molar-refractivity contribution is 5.87. The van der Waals surface area contributed by atoms with Gasteiger partial charge in [-0.15, -0.1) is 0 Å². The molecule has 0 bridgehead atoms. The number of amides is 2. The molecule has 0 aliphatic rings. The maximum Gasteiger partial charge on any atom is 0.239 e. The molecule has 2 aromatic rings. The van der Waals surface area contributed by atoms with Crippen molar-refractivity contribution in [3.63, 3.8) is 0 Å². The second kappa shape index (κ2) is 8.14. The summed E-state index contributed by atoms with van der Waals surface area (Å²) in [6.07, 6.45) is 0.260. The summed E-state index contributed by atoms with van der Waals surface area (Å²) in [5.74, 6) is -0.388. The van der Waals surface area contributed by atoms with E-state index >= 15 is 0 Å². The highest BCUT2D eigenvalue weighted by Gasteiger charge is 2.06. The van der Waals surface area contributed by atoms with Gasteiger partial charge in [0.2, 0.25) is 11.8 Å². The van der Waals surface area contributed by atoms with Crippen molar-refractivity contribution < 1.29 is 14.3 Å². The molecule has 0 atom stereocenters. The van der Waals surface area contributed by atoms with Gasteiger partial charge in [0.15, 0.2) is 0 Å². The zero-order valence-corrected chi connectivity index (χ0v) is 12.6. The Morgan fingerprint density at radius 3 is 2.55 bits per heavy atom. The predicted molar refractivity (Wildman–Crippen MR) is 85.5 cm³/mol. The molecule has 0 aliphatic heterocycles. The SMILES string of the molecule is COCCNC(=O)CNC(=O)Cc1ccc2ccccc2c1. The van der Waals surface area contributed by atoms with Gasteiger partial charge in [0, 0.05) is 13.7 Å². The summed E-state index contributed by atoms with van der Waals surface area (Å²) in [6.45, 7) is 0.878. The molecule has 5 heteroatoms. The molecule has 2 N–H and O–H groups in total. The van der Waals surface area contributed by atoms with Crippen LogP contribution in [-0.2, 0) is 20.7 Å². The second-order valence-electron chi connectivity index (χ2n) is 4.98. The number of hydrogen-bond acceptors (Lipinski definition) is 3. The van der Waals surface area contributed by atoms with Crippen molar-refractivity contribution in [2.45, 2.75) is 6.42 Å². The van der Waals surface area contributed by atoms with E-state index in [2.05, 4.69) is 10.6 Å². The van der Waals surface area contributed by atoms with Crippen molar-refractivity contribution in [2.75, 3.05) is 26.8 Å². The van der Waals surface area contributed by atoms with Crippen molar-refractivity contribution in [3.8, 4) is 0 Å². The van der Waals surface area contributed by atoms with Gasteiger partial charge in [-0.1, -0.05) is 42.5 Å². The highest BCUT2D eigenvalue weighted by atomic mass is 16.5. The van der Waals surface area contributed by atoms with Crippen LogP contribution in [-0.4, -0.2) is 38.6 Å². The Morgan fingerprint density at radius 2 is 1.77 bits per heavy atom. The molecule has 2 aromatic carbocycles. The fourth-order valence-electron chi connectivity index (χ4n) is 2.13. The minimum absolute atomic E-state index is 0.0177. The van der Waals surface area contributed by atoms with Crippen LogP contribution in [0.25, 0.3) is 10.8 Å². The van der Waals surface area contributed by atoms with Gasteiger partial charge in [0.05, 0.1) is 19.6 Å². The number of methoxy groups -OCH3 is 1. The average Bonchev–Trinajstić information content (AvgIpc) is 2.53. The molecule has 0 aliphatic carbocycles. The van der Waals surface area contributed by atoms with Gasteiger partial charge < -0.3 is 15.4 Å². The van der Waals surface area contributed by atoms with Crippen LogP contribution in [0.1, 0.15) is 5.56 Å². The number of benzene rings is 2. The third kappa shape index (κ3) is 4.86. The van der Waals surface area contributed by atoms with Gasteiger partial charge in [-0.3, -0.25) is 9.59 Å². The quantitative estimate of drug-likeness (QED) is 0.757. The normalized spacial score (nSPS) is 10.4. The van der Waals surface area contributed by atoms with E-state index in [0.29, 0.717) is 13.2 Å². The molecule has 2 rings (SSSR count). The summed E-state index contributed by atoms with van der Waals surface area (Å²) in [6, 6.07) is 13.9. The van der Waals surface area contributed by atoms with E-state index < -0.39 is 0 Å². The number of fused-ring (bicyclic) bond motifs is 1. The first-order valence-electron chi connectivity index (χ1n) is 7.19. The summed E-state index contributed by atoms with van der Waals surface area (Å²) in [5.41, 5.74) is 0.927. The van der Waals surface area contributed by atoms with Crippen molar-refractivity contribution in [3.05, 3.63) is 48.0 Å². The summed E-state index contributed by atoms with van der Waals surface area (Å²) < 4.78 is 4.83. The molecule has 22 heavy (non-hydrogen) atoms. The maximum absolute atomic E-state index is 11.9. The first-order chi connectivity index (χ1) is 10.7. The van der Waals surface area contributed by atoms with Crippen LogP contribution >= 0.6 is 0 Å². The Balaban J connectivity index is 1.82. The lowest BCUT2D eigenvalue weighted by Gasteiger charge is -2.07. The molecule has 0 saturated carbocycles. The molecule has 2 amide bonds. The first kappa shape index (κ1) is 16.0. The smallest absolute Gasteiger partial charge is 0.239 e. The van der Waals surface area contributed by atoms with Crippen LogP contribution in [0.5, 0.6) is 0 Å². The van der Waals surface area contributed by atoms with Crippen molar-refractivity contribution >= 4 is 22.6 Å². The monoisotopic (exact) mass is 300 g/mol. The Morgan fingerprint density at radius 1 is 1.00 bits per heavy atom. The Hall–Kier alpha value is -2.40. The topological polar surface area (TPSA) is 67.4 Å². The number of ether oxygens (including phenoxy) is 1. The molecule has 0 saturated heterocycles. The molecular formula is C17H20N2O3. The summed E-state index contributed by atoms with van der Waals surface area (Å²) >= 11 is 0.